The van der Waals surface area contributed by atoms with E-state index >= 15 is 0 Å². The quantitative estimate of drug-likeness (QED) is 0.704. The van der Waals surface area contributed by atoms with Gasteiger partial charge < -0.3 is 15.2 Å². The zero-order valence-corrected chi connectivity index (χ0v) is 10.4. The van der Waals surface area contributed by atoms with Crippen LogP contribution in [0.1, 0.15) is 42.7 Å². The van der Waals surface area contributed by atoms with Crippen LogP contribution in [0.15, 0.2) is 18.3 Å². The Labute approximate surface area is 102 Å². The highest BCUT2D eigenvalue weighted by Gasteiger charge is 2.26. The van der Waals surface area contributed by atoms with Gasteiger partial charge in [-0.1, -0.05) is 6.92 Å². The van der Waals surface area contributed by atoms with E-state index in [0.717, 1.165) is 25.2 Å². The smallest absolute Gasteiger partial charge is 0.267 e. The molecule has 0 radical (unpaired) electrons. The summed E-state index contributed by atoms with van der Waals surface area (Å²) >= 11 is 0. The summed E-state index contributed by atoms with van der Waals surface area (Å²) < 4.78 is 2.09. The lowest BCUT2D eigenvalue weighted by molar-refractivity contribution is 0.0944. The second-order valence-electron chi connectivity index (χ2n) is 4.54. The van der Waals surface area contributed by atoms with Gasteiger partial charge in [0.2, 0.25) is 0 Å². The van der Waals surface area contributed by atoms with E-state index in [1.807, 2.05) is 18.3 Å². The number of carbonyl (C=O) groups excluding carboxylic acids is 1. The molecule has 1 saturated carbocycles. The van der Waals surface area contributed by atoms with Crippen molar-refractivity contribution in [3.8, 4) is 0 Å². The summed E-state index contributed by atoms with van der Waals surface area (Å²) in [4.78, 5) is 11.9. The molecular weight excluding hydrogens is 214 g/mol. The molecule has 17 heavy (non-hydrogen) atoms. The summed E-state index contributed by atoms with van der Waals surface area (Å²) in [6, 6.07) is 4.40. The fraction of sp³-hybridized carbons (Fsp3) is 0.615. The van der Waals surface area contributed by atoms with E-state index in [1.165, 1.54) is 12.8 Å². The average molecular weight is 235 g/mol. The van der Waals surface area contributed by atoms with Crippen LogP contribution in [0, 0.1) is 0 Å². The first-order valence-corrected chi connectivity index (χ1v) is 6.48. The Hall–Kier alpha value is -1.29. The SMILES string of the molecule is CCCNCCNC(=O)c1cccn1C1CC1. The molecule has 94 valence electrons. The topological polar surface area (TPSA) is 46.1 Å². The lowest BCUT2D eigenvalue weighted by atomic mass is 10.4. The number of nitrogens with zero attached hydrogens (tertiary/aromatic N) is 1. The zero-order valence-electron chi connectivity index (χ0n) is 10.4. The lowest BCUT2D eigenvalue weighted by Crippen LogP contribution is -2.33. The third-order valence-corrected chi connectivity index (χ3v) is 2.97. The number of hydrogen-bond donors (Lipinski definition) is 2. The maximum Gasteiger partial charge on any atom is 0.267 e. The molecule has 0 saturated heterocycles. The Balaban J connectivity index is 1.76. The van der Waals surface area contributed by atoms with Gasteiger partial charge >= 0.3 is 0 Å². The van der Waals surface area contributed by atoms with Crippen molar-refractivity contribution in [2.75, 3.05) is 19.6 Å². The summed E-state index contributed by atoms with van der Waals surface area (Å²) in [5, 5.41) is 6.21. The van der Waals surface area contributed by atoms with E-state index in [4.69, 9.17) is 0 Å². The molecule has 0 aromatic carbocycles. The van der Waals surface area contributed by atoms with Gasteiger partial charge in [-0.3, -0.25) is 4.79 Å². The van der Waals surface area contributed by atoms with Gasteiger partial charge in [-0.05, 0) is 37.9 Å². The monoisotopic (exact) mass is 235 g/mol. The molecule has 4 heteroatoms. The van der Waals surface area contributed by atoms with Crippen LogP contribution in [0.2, 0.25) is 0 Å². The summed E-state index contributed by atoms with van der Waals surface area (Å²) in [5.74, 6) is 0.0419. The summed E-state index contributed by atoms with van der Waals surface area (Å²) in [5.41, 5.74) is 0.794. The van der Waals surface area contributed by atoms with Gasteiger partial charge in [0.05, 0.1) is 0 Å². The third-order valence-electron chi connectivity index (χ3n) is 2.97. The van der Waals surface area contributed by atoms with E-state index in [9.17, 15) is 4.79 Å². The number of rotatable bonds is 7. The highest BCUT2D eigenvalue weighted by molar-refractivity contribution is 5.92. The van der Waals surface area contributed by atoms with Crippen molar-refractivity contribution in [1.82, 2.24) is 15.2 Å². The van der Waals surface area contributed by atoms with Crippen LogP contribution in [0.5, 0.6) is 0 Å². The standard InChI is InChI=1S/C13H21N3O/c1-2-7-14-8-9-15-13(17)12-4-3-10-16(12)11-5-6-11/h3-4,10-11,14H,2,5-9H2,1H3,(H,15,17). The second-order valence-corrected chi connectivity index (χ2v) is 4.54. The fourth-order valence-corrected chi connectivity index (χ4v) is 1.91. The predicted octanol–water partition coefficient (Wildman–Crippen LogP) is 1.55. The Morgan fingerprint density at radius 2 is 2.24 bits per heavy atom. The minimum Gasteiger partial charge on any atom is -0.349 e. The van der Waals surface area contributed by atoms with Crippen LogP contribution < -0.4 is 10.6 Å². The highest BCUT2D eigenvalue weighted by atomic mass is 16.1. The molecule has 1 aromatic rings. The minimum atomic E-state index is 0.0419. The molecule has 2 N–H and O–H groups in total. The molecule has 0 unspecified atom stereocenters. The number of hydrogen-bond acceptors (Lipinski definition) is 2. The fourth-order valence-electron chi connectivity index (χ4n) is 1.91. The van der Waals surface area contributed by atoms with Gasteiger partial charge in [-0.15, -0.1) is 0 Å². The summed E-state index contributed by atoms with van der Waals surface area (Å²) in [6.45, 7) is 4.67. The molecule has 0 spiro atoms. The first-order valence-electron chi connectivity index (χ1n) is 6.48. The zero-order chi connectivity index (χ0) is 12.1. The van der Waals surface area contributed by atoms with Crippen LogP contribution in [0.4, 0.5) is 0 Å². The van der Waals surface area contributed by atoms with Crippen LogP contribution in [-0.2, 0) is 0 Å². The van der Waals surface area contributed by atoms with Crippen LogP contribution >= 0.6 is 0 Å². The molecule has 0 bridgehead atoms. The minimum absolute atomic E-state index is 0.0419. The Bertz CT molecular complexity index is 368. The molecule has 1 aromatic heterocycles. The van der Waals surface area contributed by atoms with E-state index in [1.54, 1.807) is 0 Å². The van der Waals surface area contributed by atoms with Crippen molar-refractivity contribution >= 4 is 5.91 Å². The molecule has 1 aliphatic carbocycles. The third kappa shape index (κ3) is 3.33. The van der Waals surface area contributed by atoms with Gasteiger partial charge in [0.1, 0.15) is 5.69 Å². The molecule has 1 aliphatic rings. The van der Waals surface area contributed by atoms with Crippen molar-refractivity contribution in [2.45, 2.75) is 32.2 Å². The number of amides is 1. The van der Waals surface area contributed by atoms with Gasteiger partial charge in [0.25, 0.3) is 5.91 Å². The maximum absolute atomic E-state index is 11.9. The highest BCUT2D eigenvalue weighted by Crippen LogP contribution is 2.35. The normalized spacial score (nSPS) is 14.9. The molecular formula is C13H21N3O. The van der Waals surface area contributed by atoms with Crippen LogP contribution in [-0.4, -0.2) is 30.1 Å². The summed E-state index contributed by atoms with van der Waals surface area (Å²) in [7, 11) is 0. The van der Waals surface area contributed by atoms with E-state index in [2.05, 4.69) is 22.1 Å². The average Bonchev–Trinajstić information content (AvgIpc) is 3.06. The predicted molar refractivity (Wildman–Crippen MR) is 68.2 cm³/mol. The van der Waals surface area contributed by atoms with Gasteiger partial charge in [0, 0.05) is 25.3 Å². The van der Waals surface area contributed by atoms with Crippen molar-refractivity contribution in [3.05, 3.63) is 24.0 Å². The van der Waals surface area contributed by atoms with E-state index in [-0.39, 0.29) is 5.91 Å². The number of nitrogens with one attached hydrogen (secondary N) is 2. The van der Waals surface area contributed by atoms with Crippen LogP contribution in [0.3, 0.4) is 0 Å². The molecule has 1 amide bonds. The lowest BCUT2D eigenvalue weighted by Gasteiger charge is -2.09. The first kappa shape index (κ1) is 12.2. The maximum atomic E-state index is 11.9. The largest absolute Gasteiger partial charge is 0.349 e. The van der Waals surface area contributed by atoms with Crippen molar-refractivity contribution in [2.24, 2.45) is 0 Å². The molecule has 1 fully saturated rings. The molecule has 2 rings (SSSR count). The first-order chi connectivity index (χ1) is 8.33. The number of carbonyl (C=O) groups is 1. The van der Waals surface area contributed by atoms with Crippen molar-refractivity contribution < 1.29 is 4.79 Å². The van der Waals surface area contributed by atoms with E-state index in [0.29, 0.717) is 12.6 Å². The molecule has 1 heterocycles. The Morgan fingerprint density at radius 1 is 1.41 bits per heavy atom. The molecule has 4 nitrogen and oxygen atoms in total. The van der Waals surface area contributed by atoms with Crippen molar-refractivity contribution in [1.29, 1.82) is 0 Å². The van der Waals surface area contributed by atoms with E-state index < -0.39 is 0 Å². The second kappa shape index (κ2) is 5.87. The molecule has 0 atom stereocenters. The van der Waals surface area contributed by atoms with Crippen LogP contribution in [0.25, 0.3) is 0 Å². The van der Waals surface area contributed by atoms with Gasteiger partial charge in [0.15, 0.2) is 0 Å². The van der Waals surface area contributed by atoms with Gasteiger partial charge in [-0.25, -0.2) is 0 Å². The molecule has 0 aliphatic heterocycles. The summed E-state index contributed by atoms with van der Waals surface area (Å²) in [6.07, 6.45) is 5.53. The van der Waals surface area contributed by atoms with Gasteiger partial charge in [-0.2, -0.15) is 0 Å². The number of aromatic nitrogens is 1. The van der Waals surface area contributed by atoms with Crippen molar-refractivity contribution in [3.63, 3.8) is 0 Å². The Morgan fingerprint density at radius 3 is 2.94 bits per heavy atom. The Kier molecular flexibility index (Phi) is 4.20.